The zero-order valence-electron chi connectivity index (χ0n) is 2.99. The van der Waals surface area contributed by atoms with Crippen LogP contribution < -0.4 is 0 Å². The van der Waals surface area contributed by atoms with E-state index in [9.17, 15) is 4.79 Å². The summed E-state index contributed by atoms with van der Waals surface area (Å²) in [6.07, 6.45) is 0. The fourth-order valence-electron chi connectivity index (χ4n) is 0. The summed E-state index contributed by atoms with van der Waals surface area (Å²) in [4.78, 5) is 9.71. The first-order valence-electron chi connectivity index (χ1n) is 1.24. The Morgan fingerprint density at radius 2 is 1.57 bits per heavy atom. The first-order valence-corrected chi connectivity index (χ1v) is 10.6. The van der Waals surface area contributed by atoms with Crippen molar-refractivity contribution in [1.82, 2.24) is 0 Å². The molecular formula is CH2AsCl3O2. The van der Waals surface area contributed by atoms with Gasteiger partial charge in [0.1, 0.15) is 0 Å². The number of halogens is 3. The molecule has 0 saturated heterocycles. The number of carboxylic acid groups (broad SMARTS) is 1. The third kappa shape index (κ3) is 3.48. The summed E-state index contributed by atoms with van der Waals surface area (Å²) < 4.78 is -1.27. The van der Waals surface area contributed by atoms with Gasteiger partial charge in [0.15, 0.2) is 0 Å². The van der Waals surface area contributed by atoms with Gasteiger partial charge in [-0.25, -0.2) is 0 Å². The molecule has 1 N–H and O–H groups in total. The molecule has 44 valence electrons. The molecule has 0 rings (SSSR count). The van der Waals surface area contributed by atoms with E-state index in [1.54, 1.807) is 0 Å². The van der Waals surface area contributed by atoms with Gasteiger partial charge in [-0.15, -0.1) is 0 Å². The van der Waals surface area contributed by atoms with E-state index in [1.807, 2.05) is 0 Å². The molecular weight excluding hydrogens is 225 g/mol. The molecule has 7 heavy (non-hydrogen) atoms. The maximum atomic E-state index is 9.71. The van der Waals surface area contributed by atoms with Gasteiger partial charge in [0, 0.05) is 0 Å². The Bertz CT molecular complexity index is 85.4. The standard InChI is InChI=1S/CH2AsCl3O2/c3-2(4,5)1(6)7/h2H,(H,6,7). The van der Waals surface area contributed by atoms with Gasteiger partial charge in [-0.3, -0.25) is 0 Å². The van der Waals surface area contributed by atoms with Crippen molar-refractivity contribution >= 4 is 45.3 Å². The van der Waals surface area contributed by atoms with Gasteiger partial charge in [-0.2, -0.15) is 0 Å². The Balaban J connectivity index is 3.79. The zero-order valence-corrected chi connectivity index (χ0v) is 7.36. The first kappa shape index (κ1) is 7.90. The second-order valence-corrected chi connectivity index (χ2v) is 15.6. The van der Waals surface area contributed by atoms with E-state index in [0.29, 0.717) is 0 Å². The van der Waals surface area contributed by atoms with Crippen molar-refractivity contribution in [3.63, 3.8) is 0 Å². The van der Waals surface area contributed by atoms with Crippen LogP contribution in [0.1, 0.15) is 0 Å². The monoisotopic (exact) mass is 226 g/mol. The van der Waals surface area contributed by atoms with E-state index in [2.05, 4.69) is 0 Å². The third-order valence-electron chi connectivity index (χ3n) is 0.243. The summed E-state index contributed by atoms with van der Waals surface area (Å²) in [5.74, 6) is 0. The van der Waals surface area contributed by atoms with Crippen LogP contribution in [0.4, 0.5) is 4.79 Å². The third-order valence-corrected chi connectivity index (χ3v) is 3.78. The molecule has 0 aliphatic carbocycles. The van der Waals surface area contributed by atoms with Crippen LogP contribution in [0.5, 0.6) is 0 Å². The van der Waals surface area contributed by atoms with E-state index in [1.165, 1.54) is 0 Å². The van der Waals surface area contributed by atoms with Gasteiger partial charge >= 0.3 is 55.2 Å². The van der Waals surface area contributed by atoms with Gasteiger partial charge in [0.25, 0.3) is 0 Å². The van der Waals surface area contributed by atoms with Crippen LogP contribution in [0.15, 0.2) is 0 Å². The van der Waals surface area contributed by atoms with Crippen molar-refractivity contribution in [1.29, 1.82) is 0 Å². The summed E-state index contributed by atoms with van der Waals surface area (Å²) >= 11 is 0. The van der Waals surface area contributed by atoms with Gasteiger partial charge in [-0.1, -0.05) is 0 Å². The fourth-order valence-corrected chi connectivity index (χ4v) is 0. The van der Waals surface area contributed by atoms with Crippen molar-refractivity contribution < 1.29 is 9.90 Å². The molecule has 0 aliphatic heterocycles. The molecule has 0 bridgehead atoms. The summed E-state index contributed by atoms with van der Waals surface area (Å²) in [5.41, 5.74) is 0. The number of carbonyl (C=O) groups is 1. The SMILES string of the molecule is O=C(O)[AsH](Cl)(Cl)Cl. The van der Waals surface area contributed by atoms with E-state index in [4.69, 9.17) is 35.0 Å². The Morgan fingerprint density at radius 3 is 1.57 bits per heavy atom. The van der Waals surface area contributed by atoms with E-state index in [0.717, 1.165) is 0 Å². The first-order chi connectivity index (χ1) is 2.94. The molecule has 6 heteroatoms. The molecule has 0 saturated carbocycles. The molecule has 0 unspecified atom stereocenters. The maximum absolute atomic E-state index is 9.71. The van der Waals surface area contributed by atoms with Crippen molar-refractivity contribution in [3.05, 3.63) is 0 Å². The Kier molecular flexibility index (Phi) is 2.76. The van der Waals surface area contributed by atoms with Crippen LogP contribution in [0.3, 0.4) is 0 Å². The van der Waals surface area contributed by atoms with Gasteiger partial charge in [-0.05, 0) is 0 Å². The average molecular weight is 227 g/mol. The summed E-state index contributed by atoms with van der Waals surface area (Å²) in [7, 11) is 11.1. The summed E-state index contributed by atoms with van der Waals surface area (Å²) in [6.45, 7) is 0. The fraction of sp³-hybridized carbons (Fsp3) is 0. The molecule has 0 amide bonds. The Morgan fingerprint density at radius 1 is 1.43 bits per heavy atom. The van der Waals surface area contributed by atoms with Gasteiger partial charge in [0.2, 0.25) is 0 Å². The molecule has 0 atom stereocenters. The quantitative estimate of drug-likeness (QED) is 0.691. The van der Waals surface area contributed by atoms with Crippen molar-refractivity contribution in [2.24, 2.45) is 0 Å². The summed E-state index contributed by atoms with van der Waals surface area (Å²) in [5, 5.41) is 7.94. The van der Waals surface area contributed by atoms with Gasteiger partial charge < -0.3 is 0 Å². The Labute approximate surface area is 55.3 Å². The van der Waals surface area contributed by atoms with E-state index >= 15 is 0 Å². The Hall–Kier alpha value is 0.898. The number of hydrogen-bond acceptors (Lipinski definition) is 1. The molecule has 0 heterocycles. The predicted octanol–water partition coefficient (Wildman–Crippen LogP) is 1.63. The molecule has 0 spiro atoms. The minimum atomic E-state index is -3.83. The van der Waals surface area contributed by atoms with E-state index in [-0.39, 0.29) is 0 Å². The van der Waals surface area contributed by atoms with Crippen molar-refractivity contribution in [2.45, 2.75) is 0 Å². The molecule has 2 nitrogen and oxygen atoms in total. The number of rotatable bonds is 1. The molecule has 0 radical (unpaired) electrons. The van der Waals surface area contributed by atoms with Crippen molar-refractivity contribution in [2.75, 3.05) is 0 Å². The molecule has 0 aromatic heterocycles. The van der Waals surface area contributed by atoms with Gasteiger partial charge in [0.05, 0.1) is 0 Å². The summed E-state index contributed by atoms with van der Waals surface area (Å²) in [6, 6.07) is 0. The predicted molar refractivity (Wildman–Crippen MR) is 32.7 cm³/mol. The topological polar surface area (TPSA) is 37.3 Å². The van der Waals surface area contributed by atoms with Crippen LogP contribution in [-0.4, -0.2) is 20.6 Å². The number of hydrogen-bond donors (Lipinski definition) is 1. The molecule has 0 aromatic rings. The van der Waals surface area contributed by atoms with Crippen LogP contribution >= 0.6 is 29.8 Å². The van der Waals surface area contributed by atoms with Crippen LogP contribution in [0.25, 0.3) is 0 Å². The molecule has 0 fully saturated rings. The normalized spacial score (nSPS) is 13.6. The average Bonchev–Trinajstić information content (AvgIpc) is 1.31. The minimum absolute atomic E-state index is 1.27. The molecule has 0 aromatic carbocycles. The van der Waals surface area contributed by atoms with Crippen LogP contribution in [-0.2, 0) is 0 Å². The second-order valence-electron chi connectivity index (χ2n) is 0.803. The van der Waals surface area contributed by atoms with Crippen LogP contribution in [0.2, 0.25) is 0 Å². The van der Waals surface area contributed by atoms with Crippen molar-refractivity contribution in [3.8, 4) is 0 Å². The van der Waals surface area contributed by atoms with E-state index < -0.39 is 15.5 Å². The molecule has 0 aliphatic rings. The second kappa shape index (κ2) is 2.45. The zero-order chi connectivity index (χ0) is 6.08. The van der Waals surface area contributed by atoms with Crippen LogP contribution in [0, 0.1) is 0 Å².